The first-order chi connectivity index (χ1) is 14.0. The summed E-state index contributed by atoms with van der Waals surface area (Å²) in [5.74, 6) is 0.395. The van der Waals surface area contributed by atoms with Gasteiger partial charge in [0.2, 0.25) is 11.8 Å². The van der Waals surface area contributed by atoms with E-state index in [1.165, 1.54) is 6.08 Å². The summed E-state index contributed by atoms with van der Waals surface area (Å²) >= 11 is 12.3. The van der Waals surface area contributed by atoms with Gasteiger partial charge < -0.3 is 14.6 Å². The minimum absolute atomic E-state index is 0.0424. The molecule has 1 aliphatic heterocycles. The maximum absolute atomic E-state index is 12.4. The number of benzene rings is 1. The lowest BCUT2D eigenvalue weighted by atomic mass is 10.2. The van der Waals surface area contributed by atoms with Crippen LogP contribution in [-0.2, 0) is 16.1 Å². The van der Waals surface area contributed by atoms with E-state index in [2.05, 4.69) is 10.2 Å². The Hall–Kier alpha value is -2.28. The maximum Gasteiger partial charge on any atom is 0.244 e. The molecule has 0 saturated carbocycles. The van der Waals surface area contributed by atoms with E-state index in [1.54, 1.807) is 30.5 Å². The molecule has 2 aromatic rings. The molecule has 0 atom stereocenters. The van der Waals surface area contributed by atoms with Crippen LogP contribution in [0, 0.1) is 0 Å². The van der Waals surface area contributed by atoms with Crippen molar-refractivity contribution in [3.05, 3.63) is 64.0 Å². The molecule has 6 nitrogen and oxygen atoms in total. The van der Waals surface area contributed by atoms with E-state index in [1.807, 2.05) is 17.0 Å². The number of hydrogen-bond donors (Lipinski definition) is 1. The van der Waals surface area contributed by atoms with Crippen LogP contribution < -0.4 is 5.32 Å². The Morgan fingerprint density at radius 1 is 1.10 bits per heavy atom. The highest BCUT2D eigenvalue weighted by atomic mass is 35.5. The summed E-state index contributed by atoms with van der Waals surface area (Å²) in [7, 11) is 0. The van der Waals surface area contributed by atoms with E-state index in [4.69, 9.17) is 27.6 Å². The third-order valence-corrected chi connectivity index (χ3v) is 5.59. The van der Waals surface area contributed by atoms with Gasteiger partial charge in [0.05, 0.1) is 16.3 Å². The first kappa shape index (κ1) is 21.4. The Bertz CT molecular complexity index is 860. The quantitative estimate of drug-likeness (QED) is 0.676. The van der Waals surface area contributed by atoms with Crippen LogP contribution in [0.15, 0.2) is 47.1 Å². The molecule has 1 fully saturated rings. The van der Waals surface area contributed by atoms with Crippen molar-refractivity contribution in [1.29, 1.82) is 0 Å². The van der Waals surface area contributed by atoms with Gasteiger partial charge >= 0.3 is 0 Å². The topological polar surface area (TPSA) is 65.8 Å². The summed E-state index contributed by atoms with van der Waals surface area (Å²) in [6, 6.07) is 9.14. The lowest BCUT2D eigenvalue weighted by Gasteiger charge is -2.35. The first-order valence-corrected chi connectivity index (χ1v) is 10.2. The number of rotatable bonds is 7. The van der Waals surface area contributed by atoms with E-state index >= 15 is 0 Å². The summed E-state index contributed by atoms with van der Waals surface area (Å²) in [5.41, 5.74) is 0.990. The smallest absolute Gasteiger partial charge is 0.244 e. The molecule has 1 saturated heterocycles. The zero-order valence-electron chi connectivity index (χ0n) is 15.9. The molecular weight excluding hydrogens is 413 g/mol. The van der Waals surface area contributed by atoms with Crippen LogP contribution in [0.1, 0.15) is 17.7 Å². The van der Waals surface area contributed by atoms with Crippen molar-refractivity contribution in [2.45, 2.75) is 13.0 Å². The summed E-state index contributed by atoms with van der Waals surface area (Å²) in [6.45, 7) is 3.87. The lowest BCUT2D eigenvalue weighted by Crippen LogP contribution is -2.48. The lowest BCUT2D eigenvalue weighted by molar-refractivity contribution is -0.132. The maximum atomic E-state index is 12.4. The molecule has 1 N–H and O–H groups in total. The fourth-order valence-electron chi connectivity index (χ4n) is 3.12. The average molecular weight is 436 g/mol. The van der Waals surface area contributed by atoms with Crippen LogP contribution in [0.25, 0.3) is 6.08 Å². The van der Waals surface area contributed by atoms with E-state index in [-0.39, 0.29) is 18.2 Å². The van der Waals surface area contributed by atoms with Crippen molar-refractivity contribution in [3.8, 4) is 0 Å². The van der Waals surface area contributed by atoms with Crippen molar-refractivity contribution in [2.75, 3.05) is 32.7 Å². The van der Waals surface area contributed by atoms with Gasteiger partial charge in [0.15, 0.2) is 0 Å². The number of halogens is 2. The second-order valence-corrected chi connectivity index (χ2v) is 7.54. The SMILES string of the molecule is O=C(/C=C/c1ccco1)NCCC(=O)N1CCN(Cc2cccc(Cl)c2Cl)CC1. The van der Waals surface area contributed by atoms with Gasteiger partial charge in [-0.3, -0.25) is 14.5 Å². The summed E-state index contributed by atoms with van der Waals surface area (Å²) in [4.78, 5) is 28.2. The molecule has 2 heterocycles. The Kier molecular flexibility index (Phi) is 7.75. The van der Waals surface area contributed by atoms with E-state index in [0.717, 1.165) is 18.7 Å². The number of nitrogens with zero attached hydrogens (tertiary/aromatic N) is 2. The molecule has 0 aliphatic carbocycles. The molecule has 154 valence electrons. The average Bonchev–Trinajstić information content (AvgIpc) is 3.24. The van der Waals surface area contributed by atoms with Crippen molar-refractivity contribution >= 4 is 41.1 Å². The third kappa shape index (κ3) is 6.35. The molecule has 1 aliphatic rings. The highest BCUT2D eigenvalue weighted by molar-refractivity contribution is 6.42. The van der Waals surface area contributed by atoms with E-state index in [9.17, 15) is 9.59 Å². The molecule has 3 rings (SSSR count). The van der Waals surface area contributed by atoms with Gasteiger partial charge in [-0.25, -0.2) is 0 Å². The Balaban J connectivity index is 1.36. The van der Waals surface area contributed by atoms with Gasteiger partial charge in [0.1, 0.15) is 5.76 Å². The molecular formula is C21H23Cl2N3O3. The Morgan fingerprint density at radius 2 is 1.90 bits per heavy atom. The Labute approximate surface area is 180 Å². The fourth-order valence-corrected chi connectivity index (χ4v) is 3.50. The van der Waals surface area contributed by atoms with Gasteiger partial charge in [0.25, 0.3) is 0 Å². The summed E-state index contributed by atoms with van der Waals surface area (Å²) < 4.78 is 5.12. The number of carbonyl (C=O) groups excluding carboxylic acids is 2. The van der Waals surface area contributed by atoms with Crippen molar-refractivity contribution in [3.63, 3.8) is 0 Å². The molecule has 0 radical (unpaired) electrons. The molecule has 0 bridgehead atoms. The molecule has 0 spiro atoms. The minimum Gasteiger partial charge on any atom is -0.465 e. The van der Waals surface area contributed by atoms with Crippen LogP contribution in [0.5, 0.6) is 0 Å². The monoisotopic (exact) mass is 435 g/mol. The fraction of sp³-hybridized carbons (Fsp3) is 0.333. The third-order valence-electron chi connectivity index (χ3n) is 4.73. The predicted molar refractivity (Wildman–Crippen MR) is 114 cm³/mol. The molecule has 2 amide bonds. The largest absolute Gasteiger partial charge is 0.465 e. The predicted octanol–water partition coefficient (Wildman–Crippen LogP) is 3.45. The van der Waals surface area contributed by atoms with Crippen LogP contribution in [0.4, 0.5) is 0 Å². The van der Waals surface area contributed by atoms with E-state index < -0.39 is 0 Å². The molecule has 1 aromatic carbocycles. The number of amides is 2. The number of nitrogens with one attached hydrogen (secondary N) is 1. The molecule has 29 heavy (non-hydrogen) atoms. The zero-order chi connectivity index (χ0) is 20.6. The second kappa shape index (κ2) is 10.5. The van der Waals surface area contributed by atoms with Crippen LogP contribution >= 0.6 is 23.2 Å². The van der Waals surface area contributed by atoms with Crippen molar-refractivity contribution in [2.24, 2.45) is 0 Å². The number of carbonyl (C=O) groups is 2. The van der Waals surface area contributed by atoms with Gasteiger partial charge in [-0.2, -0.15) is 0 Å². The zero-order valence-corrected chi connectivity index (χ0v) is 17.5. The van der Waals surface area contributed by atoms with Crippen LogP contribution in [-0.4, -0.2) is 54.3 Å². The summed E-state index contributed by atoms with van der Waals surface area (Å²) in [6.07, 6.45) is 4.80. The van der Waals surface area contributed by atoms with Gasteiger partial charge in [-0.15, -0.1) is 0 Å². The molecule has 1 aromatic heterocycles. The second-order valence-electron chi connectivity index (χ2n) is 6.76. The normalized spacial score (nSPS) is 15.0. The Morgan fingerprint density at radius 3 is 2.62 bits per heavy atom. The van der Waals surface area contributed by atoms with Crippen molar-refractivity contribution in [1.82, 2.24) is 15.1 Å². The van der Waals surface area contributed by atoms with Gasteiger partial charge in [-0.1, -0.05) is 35.3 Å². The highest BCUT2D eigenvalue weighted by Gasteiger charge is 2.21. The number of furan rings is 1. The van der Waals surface area contributed by atoms with E-state index in [0.29, 0.717) is 42.0 Å². The molecule has 8 heteroatoms. The van der Waals surface area contributed by atoms with Crippen LogP contribution in [0.3, 0.4) is 0 Å². The highest BCUT2D eigenvalue weighted by Crippen LogP contribution is 2.26. The van der Waals surface area contributed by atoms with Gasteiger partial charge in [0, 0.05) is 51.8 Å². The minimum atomic E-state index is -0.252. The van der Waals surface area contributed by atoms with Gasteiger partial charge in [-0.05, 0) is 29.8 Å². The molecule has 0 unspecified atom stereocenters. The standard InChI is InChI=1S/C21H23Cl2N3O3/c22-18-5-1-3-16(21(18)23)15-25-10-12-26(13-11-25)20(28)8-9-24-19(27)7-6-17-4-2-14-29-17/h1-7,14H,8-13,15H2,(H,24,27)/b7-6+. The summed E-state index contributed by atoms with van der Waals surface area (Å²) in [5, 5.41) is 3.86. The van der Waals surface area contributed by atoms with Crippen molar-refractivity contribution < 1.29 is 14.0 Å². The number of piperazine rings is 1. The number of hydrogen-bond acceptors (Lipinski definition) is 4. The van der Waals surface area contributed by atoms with Crippen LogP contribution in [0.2, 0.25) is 10.0 Å². The first-order valence-electron chi connectivity index (χ1n) is 9.45.